The molecule has 0 saturated carbocycles. The average molecular weight is 334 g/mol. The van der Waals surface area contributed by atoms with Gasteiger partial charge in [-0.1, -0.05) is 24.6 Å². The molecule has 0 fully saturated rings. The quantitative estimate of drug-likeness (QED) is 0.777. The number of amides is 1. The third kappa shape index (κ3) is 4.67. The topological polar surface area (TPSA) is 92.5 Å². The lowest BCUT2D eigenvalue weighted by Gasteiger charge is -2.18. The predicted octanol–water partition coefficient (Wildman–Crippen LogP) is 0.945. The Hall–Kier alpha value is -1.15. The number of carbonyl (C=O) groups excluding carboxylic acids is 1. The van der Waals surface area contributed by atoms with Crippen molar-refractivity contribution in [2.75, 3.05) is 20.1 Å². The third-order valence-electron chi connectivity index (χ3n) is 2.86. The van der Waals surface area contributed by atoms with Crippen LogP contribution in [0.3, 0.4) is 0 Å². The zero-order valence-corrected chi connectivity index (χ0v) is 13.7. The normalized spacial score (nSPS) is 11.7. The van der Waals surface area contributed by atoms with E-state index in [9.17, 15) is 13.2 Å². The van der Waals surface area contributed by atoms with Crippen molar-refractivity contribution >= 4 is 27.5 Å². The van der Waals surface area contributed by atoms with Crippen molar-refractivity contribution in [2.24, 2.45) is 5.73 Å². The van der Waals surface area contributed by atoms with Crippen molar-refractivity contribution in [3.05, 3.63) is 28.8 Å². The number of nitrogens with one attached hydrogen (secondary N) is 1. The van der Waals surface area contributed by atoms with Crippen LogP contribution in [0.4, 0.5) is 0 Å². The van der Waals surface area contributed by atoms with Gasteiger partial charge in [-0.2, -0.15) is 4.31 Å². The van der Waals surface area contributed by atoms with Crippen LogP contribution in [0.1, 0.15) is 18.9 Å². The molecule has 0 heterocycles. The van der Waals surface area contributed by atoms with E-state index in [2.05, 4.69) is 5.32 Å². The first-order valence-electron chi connectivity index (χ1n) is 6.54. The van der Waals surface area contributed by atoms with E-state index >= 15 is 0 Å². The van der Waals surface area contributed by atoms with Gasteiger partial charge in [0.25, 0.3) is 0 Å². The van der Waals surface area contributed by atoms with Crippen LogP contribution in [0.15, 0.2) is 23.1 Å². The second-order valence-electron chi connectivity index (χ2n) is 4.58. The second kappa shape index (κ2) is 7.74. The molecule has 1 aromatic rings. The summed E-state index contributed by atoms with van der Waals surface area (Å²) in [6.07, 6.45) is 0.786. The molecule has 0 aliphatic rings. The van der Waals surface area contributed by atoms with Crippen LogP contribution in [-0.2, 0) is 21.4 Å². The van der Waals surface area contributed by atoms with E-state index in [4.69, 9.17) is 17.3 Å². The van der Waals surface area contributed by atoms with E-state index in [0.29, 0.717) is 6.54 Å². The summed E-state index contributed by atoms with van der Waals surface area (Å²) in [6.45, 7) is 2.45. The van der Waals surface area contributed by atoms with Gasteiger partial charge in [-0.05, 0) is 24.1 Å². The molecule has 118 valence electrons. The SMILES string of the molecule is CCCNC(=O)CN(C)S(=O)(=O)c1ccc(CN)cc1Cl. The molecule has 1 amide bonds. The maximum atomic E-state index is 12.4. The summed E-state index contributed by atoms with van der Waals surface area (Å²) in [6, 6.07) is 4.52. The van der Waals surface area contributed by atoms with Gasteiger partial charge in [0.15, 0.2) is 0 Å². The molecular weight excluding hydrogens is 314 g/mol. The number of likely N-dealkylation sites (N-methyl/N-ethyl adjacent to an activating group) is 1. The van der Waals surface area contributed by atoms with Gasteiger partial charge in [-0.3, -0.25) is 4.79 Å². The van der Waals surface area contributed by atoms with Crippen LogP contribution in [0.25, 0.3) is 0 Å². The Kier molecular flexibility index (Phi) is 6.60. The highest BCUT2D eigenvalue weighted by atomic mass is 35.5. The number of halogens is 1. The van der Waals surface area contributed by atoms with Gasteiger partial charge in [-0.15, -0.1) is 0 Å². The summed E-state index contributed by atoms with van der Waals surface area (Å²) in [7, 11) is -2.47. The molecule has 6 nitrogen and oxygen atoms in total. The maximum Gasteiger partial charge on any atom is 0.244 e. The Labute approximate surface area is 130 Å². The van der Waals surface area contributed by atoms with Crippen LogP contribution in [0.5, 0.6) is 0 Å². The summed E-state index contributed by atoms with van der Waals surface area (Å²) in [5.41, 5.74) is 6.22. The number of rotatable bonds is 7. The predicted molar refractivity (Wildman–Crippen MR) is 82.5 cm³/mol. The highest BCUT2D eigenvalue weighted by Gasteiger charge is 2.25. The number of nitrogens with two attached hydrogens (primary N) is 1. The minimum atomic E-state index is -3.81. The molecule has 1 aromatic carbocycles. The Morgan fingerprint density at radius 1 is 1.43 bits per heavy atom. The maximum absolute atomic E-state index is 12.4. The molecule has 0 saturated heterocycles. The van der Waals surface area contributed by atoms with Crippen molar-refractivity contribution in [2.45, 2.75) is 24.8 Å². The van der Waals surface area contributed by atoms with E-state index in [1.54, 1.807) is 6.07 Å². The summed E-state index contributed by atoms with van der Waals surface area (Å²) >= 11 is 5.99. The Balaban J connectivity index is 2.92. The first kappa shape index (κ1) is 17.9. The van der Waals surface area contributed by atoms with E-state index < -0.39 is 10.0 Å². The Morgan fingerprint density at radius 2 is 2.10 bits per heavy atom. The smallest absolute Gasteiger partial charge is 0.244 e. The largest absolute Gasteiger partial charge is 0.355 e. The highest BCUT2D eigenvalue weighted by molar-refractivity contribution is 7.89. The molecule has 0 aliphatic heterocycles. The van der Waals surface area contributed by atoms with Crippen LogP contribution >= 0.6 is 11.6 Å². The minimum absolute atomic E-state index is 0.0350. The van der Waals surface area contributed by atoms with Crippen molar-refractivity contribution in [1.29, 1.82) is 0 Å². The summed E-state index contributed by atoms with van der Waals surface area (Å²) in [5.74, 6) is -0.349. The van der Waals surface area contributed by atoms with Crippen LogP contribution in [-0.4, -0.2) is 38.8 Å². The van der Waals surface area contributed by atoms with Crippen molar-refractivity contribution in [1.82, 2.24) is 9.62 Å². The molecular formula is C13H20ClN3O3S. The number of hydrogen-bond acceptors (Lipinski definition) is 4. The highest BCUT2D eigenvalue weighted by Crippen LogP contribution is 2.25. The van der Waals surface area contributed by atoms with Gasteiger partial charge in [-0.25, -0.2) is 8.42 Å². The van der Waals surface area contributed by atoms with Crippen molar-refractivity contribution in [3.63, 3.8) is 0 Å². The van der Waals surface area contributed by atoms with Gasteiger partial charge >= 0.3 is 0 Å². The molecule has 0 aliphatic carbocycles. The number of sulfonamides is 1. The zero-order valence-electron chi connectivity index (χ0n) is 12.1. The van der Waals surface area contributed by atoms with Crippen molar-refractivity contribution in [3.8, 4) is 0 Å². The lowest BCUT2D eigenvalue weighted by Crippen LogP contribution is -2.38. The molecule has 0 spiro atoms. The van der Waals surface area contributed by atoms with Crippen LogP contribution < -0.4 is 11.1 Å². The molecule has 0 bridgehead atoms. The lowest BCUT2D eigenvalue weighted by molar-refractivity contribution is -0.121. The average Bonchev–Trinajstić information content (AvgIpc) is 2.44. The molecule has 21 heavy (non-hydrogen) atoms. The Bertz CT molecular complexity index is 605. The van der Waals surface area contributed by atoms with Crippen molar-refractivity contribution < 1.29 is 13.2 Å². The van der Waals surface area contributed by atoms with Gasteiger partial charge in [0.2, 0.25) is 15.9 Å². The van der Waals surface area contributed by atoms with E-state index in [0.717, 1.165) is 16.3 Å². The van der Waals surface area contributed by atoms with Gasteiger partial charge in [0.1, 0.15) is 4.90 Å². The number of nitrogens with zero attached hydrogens (tertiary/aromatic N) is 1. The van der Waals surface area contributed by atoms with E-state index in [1.807, 2.05) is 6.92 Å². The summed E-state index contributed by atoms with van der Waals surface area (Å²) in [4.78, 5) is 11.6. The second-order valence-corrected chi connectivity index (χ2v) is 7.00. The van der Waals surface area contributed by atoms with Gasteiger partial charge in [0.05, 0.1) is 11.6 Å². The molecule has 3 N–H and O–H groups in total. The lowest BCUT2D eigenvalue weighted by atomic mass is 10.2. The first-order valence-corrected chi connectivity index (χ1v) is 8.36. The van der Waals surface area contributed by atoms with E-state index in [-0.39, 0.29) is 28.9 Å². The van der Waals surface area contributed by atoms with Gasteiger partial charge < -0.3 is 11.1 Å². The zero-order chi connectivity index (χ0) is 16.0. The fraction of sp³-hybridized carbons (Fsp3) is 0.462. The molecule has 0 radical (unpaired) electrons. The molecule has 1 rings (SSSR count). The number of benzene rings is 1. The molecule has 0 aromatic heterocycles. The minimum Gasteiger partial charge on any atom is -0.355 e. The van der Waals surface area contributed by atoms with Crippen LogP contribution in [0.2, 0.25) is 5.02 Å². The molecule has 0 unspecified atom stereocenters. The monoisotopic (exact) mass is 333 g/mol. The Morgan fingerprint density at radius 3 is 2.62 bits per heavy atom. The first-order chi connectivity index (χ1) is 9.82. The fourth-order valence-corrected chi connectivity index (χ4v) is 3.32. The van der Waals surface area contributed by atoms with Gasteiger partial charge in [0, 0.05) is 20.1 Å². The summed E-state index contributed by atoms with van der Waals surface area (Å²) < 4.78 is 25.8. The standard InChI is InChI=1S/C13H20ClN3O3S/c1-3-6-16-13(18)9-17(2)21(19,20)12-5-4-10(8-15)7-11(12)14/h4-5,7H,3,6,8-9,15H2,1-2H3,(H,16,18). The molecule has 0 atom stereocenters. The number of carbonyl (C=O) groups is 1. The third-order valence-corrected chi connectivity index (χ3v) is 5.14. The number of hydrogen-bond donors (Lipinski definition) is 2. The molecule has 8 heteroatoms. The summed E-state index contributed by atoms with van der Waals surface area (Å²) in [5, 5.41) is 2.72. The fourth-order valence-electron chi connectivity index (χ4n) is 1.66. The van der Waals surface area contributed by atoms with E-state index in [1.165, 1.54) is 19.2 Å². The van der Waals surface area contributed by atoms with Crippen LogP contribution in [0, 0.1) is 0 Å².